The van der Waals surface area contributed by atoms with Crippen molar-refractivity contribution in [3.05, 3.63) is 5.82 Å². The molecular weight excluding hydrogens is 276 g/mol. The minimum Gasteiger partial charge on any atom is -0.481 e. The van der Waals surface area contributed by atoms with Crippen LogP contribution in [-0.2, 0) is 4.79 Å². The minimum absolute atomic E-state index is 0.0421. The third-order valence-electron chi connectivity index (χ3n) is 4.32. The molecule has 0 bridgehead atoms. The lowest BCUT2D eigenvalue weighted by molar-refractivity contribution is -0.133. The maximum absolute atomic E-state index is 10.7. The molecule has 20 heavy (non-hydrogen) atoms. The molecule has 2 unspecified atom stereocenters. The highest BCUT2D eigenvalue weighted by molar-refractivity contribution is 7.99. The Kier molecular flexibility index (Phi) is 3.98. The first-order valence-electron chi connectivity index (χ1n) is 7.15. The van der Waals surface area contributed by atoms with Gasteiger partial charge in [-0.3, -0.25) is 4.79 Å². The van der Waals surface area contributed by atoms with Crippen molar-refractivity contribution in [2.75, 3.05) is 18.8 Å². The predicted octanol–water partition coefficient (Wildman–Crippen LogP) is 1.56. The quantitative estimate of drug-likeness (QED) is 0.850. The average Bonchev–Trinajstić information content (AvgIpc) is 3.01. The summed E-state index contributed by atoms with van der Waals surface area (Å²) in [5, 5.41) is 17.9. The van der Waals surface area contributed by atoms with Gasteiger partial charge in [-0.25, -0.2) is 0 Å². The maximum atomic E-state index is 10.7. The Morgan fingerprint density at radius 1 is 1.35 bits per heavy atom. The molecule has 1 aromatic heterocycles. The molecule has 0 spiro atoms. The number of aliphatic carboxylic acids is 1. The van der Waals surface area contributed by atoms with Gasteiger partial charge in [0.1, 0.15) is 5.82 Å². The number of aromatic nitrogens is 3. The normalized spacial score (nSPS) is 26.6. The van der Waals surface area contributed by atoms with Gasteiger partial charge in [0.25, 0.3) is 0 Å². The monoisotopic (exact) mass is 296 g/mol. The van der Waals surface area contributed by atoms with Crippen LogP contribution in [0.5, 0.6) is 0 Å². The molecule has 7 heteroatoms. The Morgan fingerprint density at radius 2 is 2.20 bits per heavy atom. The van der Waals surface area contributed by atoms with Crippen molar-refractivity contribution in [3.63, 3.8) is 0 Å². The van der Waals surface area contributed by atoms with E-state index in [1.54, 1.807) is 0 Å². The fourth-order valence-electron chi connectivity index (χ4n) is 3.43. The van der Waals surface area contributed by atoms with Crippen LogP contribution in [0.1, 0.15) is 37.5 Å². The standard InChI is InChI=1S/C13H20N4O2S/c1-9-14-15-13(20-8-12(18)19)17(9)11-4-6-16-5-2-3-10(16)7-11/h10-11H,2-8H2,1H3,(H,18,19). The first-order valence-corrected chi connectivity index (χ1v) is 8.14. The van der Waals surface area contributed by atoms with Crippen LogP contribution in [0, 0.1) is 6.92 Å². The van der Waals surface area contributed by atoms with Gasteiger partial charge in [-0.15, -0.1) is 10.2 Å². The number of carboxylic acids is 1. The number of hydrogen-bond donors (Lipinski definition) is 1. The Bertz CT molecular complexity index is 505. The Morgan fingerprint density at radius 3 is 3.00 bits per heavy atom. The smallest absolute Gasteiger partial charge is 0.313 e. The highest BCUT2D eigenvalue weighted by Crippen LogP contribution is 2.35. The number of fused-ring (bicyclic) bond motifs is 1. The number of nitrogens with zero attached hydrogens (tertiary/aromatic N) is 4. The van der Waals surface area contributed by atoms with Crippen LogP contribution in [0.2, 0.25) is 0 Å². The van der Waals surface area contributed by atoms with Gasteiger partial charge in [0, 0.05) is 18.6 Å². The second-order valence-corrected chi connectivity index (χ2v) is 6.53. The summed E-state index contributed by atoms with van der Waals surface area (Å²) in [6, 6.07) is 1.11. The molecule has 1 aromatic rings. The molecule has 3 rings (SSSR count). The van der Waals surface area contributed by atoms with Crippen LogP contribution in [0.15, 0.2) is 5.16 Å². The highest BCUT2D eigenvalue weighted by atomic mass is 32.2. The molecular formula is C13H20N4O2S. The fourth-order valence-corrected chi connectivity index (χ4v) is 4.20. The van der Waals surface area contributed by atoms with E-state index in [2.05, 4.69) is 19.7 Å². The van der Waals surface area contributed by atoms with Gasteiger partial charge < -0.3 is 14.6 Å². The minimum atomic E-state index is -0.812. The van der Waals surface area contributed by atoms with Gasteiger partial charge >= 0.3 is 5.97 Å². The van der Waals surface area contributed by atoms with E-state index in [4.69, 9.17) is 5.11 Å². The summed E-state index contributed by atoms with van der Waals surface area (Å²) in [7, 11) is 0. The van der Waals surface area contributed by atoms with Gasteiger partial charge in [-0.1, -0.05) is 11.8 Å². The Hall–Kier alpha value is -1.08. The SMILES string of the molecule is Cc1nnc(SCC(=O)O)n1C1CCN2CCCC2C1. The summed E-state index contributed by atoms with van der Waals surface area (Å²) in [6.45, 7) is 4.33. The van der Waals surface area contributed by atoms with Crippen LogP contribution in [0.3, 0.4) is 0 Å². The van der Waals surface area contributed by atoms with E-state index in [9.17, 15) is 4.79 Å². The first-order chi connectivity index (χ1) is 9.65. The number of carbonyl (C=O) groups is 1. The largest absolute Gasteiger partial charge is 0.481 e. The van der Waals surface area contributed by atoms with E-state index in [1.165, 1.54) is 31.1 Å². The second-order valence-electron chi connectivity index (χ2n) is 5.59. The molecule has 2 aliphatic rings. The van der Waals surface area contributed by atoms with E-state index in [-0.39, 0.29) is 5.75 Å². The Labute approximate surface area is 122 Å². The molecule has 1 N–H and O–H groups in total. The predicted molar refractivity (Wildman–Crippen MR) is 76.0 cm³/mol. The molecule has 3 heterocycles. The average molecular weight is 296 g/mol. The van der Waals surface area contributed by atoms with Gasteiger partial charge in [0.2, 0.25) is 0 Å². The van der Waals surface area contributed by atoms with Gasteiger partial charge in [-0.05, 0) is 39.2 Å². The van der Waals surface area contributed by atoms with Crippen LogP contribution in [0.4, 0.5) is 0 Å². The summed E-state index contributed by atoms with van der Waals surface area (Å²) in [6.07, 6.45) is 4.84. The number of thioether (sulfide) groups is 1. The zero-order chi connectivity index (χ0) is 14.1. The fraction of sp³-hybridized carbons (Fsp3) is 0.769. The topological polar surface area (TPSA) is 71.2 Å². The van der Waals surface area contributed by atoms with E-state index >= 15 is 0 Å². The van der Waals surface area contributed by atoms with Crippen LogP contribution in [0.25, 0.3) is 0 Å². The van der Waals surface area contributed by atoms with E-state index in [0.29, 0.717) is 12.1 Å². The van der Waals surface area contributed by atoms with E-state index in [1.807, 2.05) is 6.92 Å². The van der Waals surface area contributed by atoms with Gasteiger partial charge in [-0.2, -0.15) is 0 Å². The summed E-state index contributed by atoms with van der Waals surface area (Å²) in [5.41, 5.74) is 0. The van der Waals surface area contributed by atoms with Crippen molar-refractivity contribution in [1.82, 2.24) is 19.7 Å². The second kappa shape index (κ2) is 5.73. The molecule has 0 amide bonds. The molecule has 0 aliphatic carbocycles. The molecule has 2 fully saturated rings. The molecule has 0 aromatic carbocycles. The zero-order valence-corrected chi connectivity index (χ0v) is 12.5. The van der Waals surface area contributed by atoms with Gasteiger partial charge in [0.15, 0.2) is 5.16 Å². The molecule has 2 atom stereocenters. The number of hydrogen-bond acceptors (Lipinski definition) is 5. The molecule has 2 aliphatic heterocycles. The summed E-state index contributed by atoms with van der Waals surface area (Å²) < 4.78 is 2.16. The van der Waals surface area contributed by atoms with E-state index in [0.717, 1.165) is 30.4 Å². The molecule has 110 valence electrons. The summed E-state index contributed by atoms with van der Waals surface area (Å²) in [5.74, 6) is 0.127. The van der Waals surface area contributed by atoms with Gasteiger partial charge in [0.05, 0.1) is 5.75 Å². The third kappa shape index (κ3) is 2.69. The lowest BCUT2D eigenvalue weighted by Crippen LogP contribution is -2.39. The van der Waals surface area contributed by atoms with Crippen molar-refractivity contribution in [1.29, 1.82) is 0 Å². The molecule has 2 saturated heterocycles. The number of rotatable bonds is 4. The molecule has 6 nitrogen and oxygen atoms in total. The van der Waals surface area contributed by atoms with Crippen LogP contribution >= 0.6 is 11.8 Å². The van der Waals surface area contributed by atoms with Crippen molar-refractivity contribution < 1.29 is 9.90 Å². The van der Waals surface area contributed by atoms with Crippen LogP contribution < -0.4 is 0 Å². The number of aryl methyl sites for hydroxylation is 1. The van der Waals surface area contributed by atoms with Crippen molar-refractivity contribution in [3.8, 4) is 0 Å². The van der Waals surface area contributed by atoms with Crippen molar-refractivity contribution in [2.24, 2.45) is 0 Å². The highest BCUT2D eigenvalue weighted by Gasteiger charge is 2.33. The first kappa shape index (κ1) is 13.9. The maximum Gasteiger partial charge on any atom is 0.313 e. The number of piperidine rings is 1. The van der Waals surface area contributed by atoms with E-state index < -0.39 is 5.97 Å². The van der Waals surface area contributed by atoms with Crippen molar-refractivity contribution in [2.45, 2.75) is 49.8 Å². The van der Waals surface area contributed by atoms with Crippen LogP contribution in [-0.4, -0.2) is 55.6 Å². The zero-order valence-electron chi connectivity index (χ0n) is 11.7. The summed E-state index contributed by atoms with van der Waals surface area (Å²) >= 11 is 1.27. The molecule has 0 saturated carbocycles. The summed E-state index contributed by atoms with van der Waals surface area (Å²) in [4.78, 5) is 13.3. The Balaban J connectivity index is 1.75. The van der Waals surface area contributed by atoms with Crippen molar-refractivity contribution >= 4 is 17.7 Å². The lowest BCUT2D eigenvalue weighted by Gasteiger charge is -2.36. The number of carboxylic acid groups (broad SMARTS) is 1. The lowest BCUT2D eigenvalue weighted by atomic mass is 9.97. The third-order valence-corrected chi connectivity index (χ3v) is 5.25. The molecule has 0 radical (unpaired) electrons.